The minimum absolute atomic E-state index is 0. The number of hydrogen-bond acceptors (Lipinski definition) is 3. The van der Waals surface area contributed by atoms with E-state index in [9.17, 15) is 0 Å². The maximum Gasteiger partial charge on any atom is 0.191 e. The highest BCUT2D eigenvalue weighted by Gasteiger charge is 2.16. The fourth-order valence-corrected chi connectivity index (χ4v) is 4.59. The van der Waals surface area contributed by atoms with E-state index in [2.05, 4.69) is 39.2 Å². The van der Waals surface area contributed by atoms with Crippen molar-refractivity contribution in [1.29, 1.82) is 0 Å². The van der Waals surface area contributed by atoms with Crippen LogP contribution in [0.5, 0.6) is 0 Å². The molecule has 1 fully saturated rings. The second kappa shape index (κ2) is 13.4. The summed E-state index contributed by atoms with van der Waals surface area (Å²) in [5.74, 6) is 4.15. The summed E-state index contributed by atoms with van der Waals surface area (Å²) >= 11 is 0. The monoisotopic (exact) mass is 516 g/mol. The Balaban J connectivity index is 0.00000300. The highest BCUT2D eigenvalue weighted by molar-refractivity contribution is 14.0. The van der Waals surface area contributed by atoms with Gasteiger partial charge in [0.05, 0.1) is 0 Å². The molecule has 1 aliphatic carbocycles. The third kappa shape index (κ3) is 8.06. The second-order valence-corrected chi connectivity index (χ2v) is 8.63. The maximum absolute atomic E-state index is 4.81. The van der Waals surface area contributed by atoms with Gasteiger partial charge in [-0.25, -0.2) is 0 Å². The van der Waals surface area contributed by atoms with Gasteiger partial charge >= 0.3 is 0 Å². The van der Waals surface area contributed by atoms with Crippen molar-refractivity contribution in [3.8, 4) is 0 Å². The van der Waals surface area contributed by atoms with Crippen LogP contribution in [0.1, 0.15) is 89.7 Å². The summed E-state index contributed by atoms with van der Waals surface area (Å²) in [5.41, 5.74) is 0. The Morgan fingerprint density at radius 3 is 2.72 bits per heavy atom. The van der Waals surface area contributed by atoms with E-state index in [0.717, 1.165) is 56.0 Å². The Morgan fingerprint density at radius 2 is 1.93 bits per heavy atom. The molecule has 0 radical (unpaired) electrons. The number of aryl methyl sites for hydroxylation is 1. The number of nitrogens with zero attached hydrogens (tertiary/aromatic N) is 4. The minimum Gasteiger partial charge on any atom is -0.357 e. The first-order valence-corrected chi connectivity index (χ1v) is 11.7. The molecule has 1 unspecified atom stereocenters. The fraction of sp³-hybridized carbons (Fsp3) is 0.864. The molecule has 166 valence electrons. The number of guanidine groups is 1. The van der Waals surface area contributed by atoms with Gasteiger partial charge in [0.15, 0.2) is 5.96 Å². The predicted molar refractivity (Wildman–Crippen MR) is 131 cm³/mol. The summed E-state index contributed by atoms with van der Waals surface area (Å²) in [6.45, 7) is 7.12. The molecule has 2 N–H and O–H groups in total. The van der Waals surface area contributed by atoms with Crippen LogP contribution in [0, 0.1) is 5.92 Å². The van der Waals surface area contributed by atoms with Gasteiger partial charge in [-0.3, -0.25) is 4.99 Å². The molecule has 1 atom stereocenters. The van der Waals surface area contributed by atoms with Crippen molar-refractivity contribution in [2.75, 3.05) is 13.1 Å². The summed E-state index contributed by atoms with van der Waals surface area (Å²) in [7, 11) is 0. The van der Waals surface area contributed by atoms with Crippen molar-refractivity contribution in [3.05, 3.63) is 11.6 Å². The Morgan fingerprint density at radius 1 is 1.14 bits per heavy atom. The number of halogens is 1. The average Bonchev–Trinajstić information content (AvgIpc) is 2.94. The van der Waals surface area contributed by atoms with Crippen LogP contribution in [0.25, 0.3) is 0 Å². The van der Waals surface area contributed by atoms with E-state index in [1.165, 1.54) is 64.2 Å². The molecule has 0 bridgehead atoms. The van der Waals surface area contributed by atoms with E-state index in [1.54, 1.807) is 0 Å². The molecule has 29 heavy (non-hydrogen) atoms. The largest absolute Gasteiger partial charge is 0.357 e. The minimum atomic E-state index is 0. The van der Waals surface area contributed by atoms with Crippen molar-refractivity contribution in [2.24, 2.45) is 10.9 Å². The molecule has 1 saturated carbocycles. The van der Waals surface area contributed by atoms with Gasteiger partial charge in [-0.05, 0) is 45.4 Å². The first-order chi connectivity index (χ1) is 13.8. The van der Waals surface area contributed by atoms with Gasteiger partial charge in [0, 0.05) is 38.5 Å². The molecule has 2 aliphatic rings. The van der Waals surface area contributed by atoms with Gasteiger partial charge in [0.25, 0.3) is 0 Å². The lowest BCUT2D eigenvalue weighted by Gasteiger charge is -2.24. The fourth-order valence-electron chi connectivity index (χ4n) is 4.59. The number of fused-ring (bicyclic) bond motifs is 1. The molecule has 6 nitrogen and oxygen atoms in total. The predicted octanol–water partition coefficient (Wildman–Crippen LogP) is 4.47. The number of rotatable bonds is 8. The molecular weight excluding hydrogens is 475 g/mol. The van der Waals surface area contributed by atoms with Gasteiger partial charge in [-0.2, -0.15) is 0 Å². The first kappa shape index (κ1) is 24.4. The number of aromatic nitrogens is 3. The van der Waals surface area contributed by atoms with Crippen molar-refractivity contribution < 1.29 is 0 Å². The molecule has 0 aromatic carbocycles. The highest BCUT2D eigenvalue weighted by atomic mass is 127. The quantitative estimate of drug-likeness (QED) is 0.304. The van der Waals surface area contributed by atoms with Crippen LogP contribution in [0.2, 0.25) is 0 Å². The van der Waals surface area contributed by atoms with E-state index in [-0.39, 0.29) is 24.0 Å². The zero-order valence-corrected chi connectivity index (χ0v) is 20.8. The van der Waals surface area contributed by atoms with Crippen LogP contribution < -0.4 is 10.6 Å². The van der Waals surface area contributed by atoms with Gasteiger partial charge < -0.3 is 15.2 Å². The molecule has 1 aromatic rings. The molecule has 2 heterocycles. The number of nitrogens with one attached hydrogen (secondary N) is 2. The summed E-state index contributed by atoms with van der Waals surface area (Å²) in [5, 5.41) is 15.8. The lowest BCUT2D eigenvalue weighted by Crippen LogP contribution is -2.42. The van der Waals surface area contributed by atoms with E-state index in [1.807, 2.05) is 0 Å². The van der Waals surface area contributed by atoms with E-state index in [4.69, 9.17) is 4.99 Å². The number of aliphatic imine (C=N–C) groups is 1. The Bertz CT molecular complexity index is 608. The van der Waals surface area contributed by atoms with Gasteiger partial charge in [-0.15, -0.1) is 34.2 Å². The normalized spacial score (nSPS) is 19.0. The van der Waals surface area contributed by atoms with Crippen molar-refractivity contribution in [1.82, 2.24) is 25.4 Å². The van der Waals surface area contributed by atoms with Crippen LogP contribution in [-0.2, 0) is 19.4 Å². The zero-order valence-electron chi connectivity index (χ0n) is 18.5. The van der Waals surface area contributed by atoms with Gasteiger partial charge in [0.1, 0.15) is 11.6 Å². The zero-order chi connectivity index (χ0) is 19.6. The molecule has 7 heteroatoms. The third-order valence-electron chi connectivity index (χ3n) is 6.25. The maximum atomic E-state index is 4.81. The summed E-state index contributed by atoms with van der Waals surface area (Å²) in [4.78, 5) is 4.81. The molecule has 1 aromatic heterocycles. The Hall–Kier alpha value is -0.860. The second-order valence-electron chi connectivity index (χ2n) is 8.63. The van der Waals surface area contributed by atoms with E-state index < -0.39 is 0 Å². The lowest BCUT2D eigenvalue weighted by atomic mass is 9.85. The van der Waals surface area contributed by atoms with Crippen LogP contribution in [0.4, 0.5) is 0 Å². The first-order valence-electron chi connectivity index (χ1n) is 11.7. The van der Waals surface area contributed by atoms with E-state index >= 15 is 0 Å². The van der Waals surface area contributed by atoms with E-state index in [0.29, 0.717) is 6.04 Å². The van der Waals surface area contributed by atoms with Crippen molar-refractivity contribution >= 4 is 29.9 Å². The Kier molecular flexibility index (Phi) is 11.3. The van der Waals surface area contributed by atoms with Crippen molar-refractivity contribution in [3.63, 3.8) is 0 Å². The molecular formula is C22H41IN6. The Labute approximate surface area is 194 Å². The van der Waals surface area contributed by atoms with Gasteiger partial charge in [0.2, 0.25) is 0 Å². The smallest absolute Gasteiger partial charge is 0.191 e. The van der Waals surface area contributed by atoms with Crippen LogP contribution >= 0.6 is 24.0 Å². The van der Waals surface area contributed by atoms with Crippen LogP contribution in [0.15, 0.2) is 4.99 Å². The topological polar surface area (TPSA) is 67.1 Å². The summed E-state index contributed by atoms with van der Waals surface area (Å²) < 4.78 is 2.33. The molecule has 1 aliphatic heterocycles. The average molecular weight is 517 g/mol. The molecule has 0 spiro atoms. The molecule has 0 amide bonds. The summed E-state index contributed by atoms with van der Waals surface area (Å²) in [6.07, 6.45) is 15.5. The standard InChI is InChI=1S/C22H40N6.HI/c1-3-23-22(25-18(2)13-14-19-10-6-4-7-11-19)24-16-15-21-27-26-20-12-8-5-9-17-28(20)21;/h18-19H,3-17H2,1-2H3,(H2,23,24,25);1H. The van der Waals surface area contributed by atoms with Crippen LogP contribution in [0.3, 0.4) is 0 Å². The third-order valence-corrected chi connectivity index (χ3v) is 6.25. The van der Waals surface area contributed by atoms with Crippen LogP contribution in [-0.4, -0.2) is 39.9 Å². The highest BCUT2D eigenvalue weighted by Crippen LogP contribution is 2.27. The number of hydrogen-bond donors (Lipinski definition) is 2. The molecule has 0 saturated heterocycles. The molecule has 3 rings (SSSR count). The van der Waals surface area contributed by atoms with Gasteiger partial charge in [-0.1, -0.05) is 38.5 Å². The summed E-state index contributed by atoms with van der Waals surface area (Å²) in [6, 6.07) is 0.462. The SMILES string of the molecule is CCNC(=NCCc1nnc2n1CCCCC2)NC(C)CCC1CCCCC1.I. The lowest BCUT2D eigenvalue weighted by molar-refractivity contribution is 0.322. The van der Waals surface area contributed by atoms with Crippen molar-refractivity contribution in [2.45, 2.75) is 103 Å².